The molecular formula is C12H24N2O. The van der Waals surface area contributed by atoms with Crippen LogP contribution in [0, 0.1) is 5.92 Å². The maximum absolute atomic E-state index is 11.6. The third-order valence-electron chi connectivity index (χ3n) is 3.29. The van der Waals surface area contributed by atoms with Crippen molar-refractivity contribution in [3.8, 4) is 0 Å². The van der Waals surface area contributed by atoms with E-state index in [0.29, 0.717) is 12.6 Å². The molecule has 0 radical (unpaired) electrons. The van der Waals surface area contributed by atoms with Crippen molar-refractivity contribution in [1.82, 2.24) is 10.6 Å². The van der Waals surface area contributed by atoms with E-state index in [9.17, 15) is 4.79 Å². The zero-order chi connectivity index (χ0) is 11.5. The van der Waals surface area contributed by atoms with Gasteiger partial charge in [0.05, 0.1) is 6.54 Å². The van der Waals surface area contributed by atoms with Crippen molar-refractivity contribution in [3.63, 3.8) is 0 Å². The van der Waals surface area contributed by atoms with E-state index in [-0.39, 0.29) is 11.4 Å². The first-order valence-electron chi connectivity index (χ1n) is 5.97. The van der Waals surface area contributed by atoms with Crippen molar-refractivity contribution in [1.29, 1.82) is 0 Å². The first-order chi connectivity index (χ1) is 6.93. The van der Waals surface area contributed by atoms with Gasteiger partial charge in [-0.3, -0.25) is 4.79 Å². The molecule has 0 spiro atoms. The molecule has 1 amide bonds. The van der Waals surface area contributed by atoms with Gasteiger partial charge in [-0.2, -0.15) is 0 Å². The zero-order valence-electron chi connectivity index (χ0n) is 10.4. The largest absolute Gasteiger partial charge is 0.350 e. The van der Waals surface area contributed by atoms with Crippen LogP contribution in [0.25, 0.3) is 0 Å². The van der Waals surface area contributed by atoms with Gasteiger partial charge in [-0.1, -0.05) is 13.8 Å². The molecule has 1 aliphatic carbocycles. The Bertz CT molecular complexity index is 220. The SMILES string of the molecule is CCC(C)(C)NC(=O)CNC1CC(C)C1. The minimum absolute atomic E-state index is 0.0777. The summed E-state index contributed by atoms with van der Waals surface area (Å²) in [5.41, 5.74) is -0.0777. The summed E-state index contributed by atoms with van der Waals surface area (Å²) in [7, 11) is 0. The standard InChI is InChI=1S/C12H24N2O/c1-5-12(3,4)14-11(15)8-13-10-6-9(2)7-10/h9-10,13H,5-8H2,1-4H3,(H,14,15). The molecule has 0 bridgehead atoms. The minimum atomic E-state index is -0.0777. The predicted molar refractivity (Wildman–Crippen MR) is 62.7 cm³/mol. The Balaban J connectivity index is 2.14. The van der Waals surface area contributed by atoms with Crippen molar-refractivity contribution in [3.05, 3.63) is 0 Å². The van der Waals surface area contributed by atoms with E-state index in [0.717, 1.165) is 12.3 Å². The Morgan fingerprint density at radius 2 is 2.00 bits per heavy atom. The Morgan fingerprint density at radius 1 is 1.40 bits per heavy atom. The van der Waals surface area contributed by atoms with Crippen molar-refractivity contribution >= 4 is 5.91 Å². The smallest absolute Gasteiger partial charge is 0.234 e. The van der Waals surface area contributed by atoms with Crippen molar-refractivity contribution in [2.75, 3.05) is 6.54 Å². The van der Waals surface area contributed by atoms with E-state index >= 15 is 0 Å². The predicted octanol–water partition coefficient (Wildman–Crippen LogP) is 1.68. The highest BCUT2D eigenvalue weighted by Gasteiger charge is 2.25. The van der Waals surface area contributed by atoms with E-state index in [1.54, 1.807) is 0 Å². The molecule has 0 atom stereocenters. The molecule has 3 heteroatoms. The minimum Gasteiger partial charge on any atom is -0.350 e. The number of rotatable bonds is 5. The van der Waals surface area contributed by atoms with Crippen LogP contribution in [-0.4, -0.2) is 24.0 Å². The van der Waals surface area contributed by atoms with Crippen LogP contribution in [0.5, 0.6) is 0 Å². The van der Waals surface area contributed by atoms with E-state index < -0.39 is 0 Å². The monoisotopic (exact) mass is 212 g/mol. The molecule has 1 saturated carbocycles. The number of carbonyl (C=O) groups excluding carboxylic acids is 1. The van der Waals surface area contributed by atoms with Gasteiger partial charge in [0, 0.05) is 11.6 Å². The van der Waals surface area contributed by atoms with Crippen LogP contribution < -0.4 is 10.6 Å². The van der Waals surface area contributed by atoms with Crippen molar-refractivity contribution in [2.24, 2.45) is 5.92 Å². The van der Waals surface area contributed by atoms with Crippen LogP contribution in [0.1, 0.15) is 47.0 Å². The molecule has 2 N–H and O–H groups in total. The molecule has 15 heavy (non-hydrogen) atoms. The summed E-state index contributed by atoms with van der Waals surface area (Å²) in [5, 5.41) is 6.30. The average molecular weight is 212 g/mol. The van der Waals surface area contributed by atoms with E-state index in [1.807, 2.05) is 0 Å². The molecule has 1 fully saturated rings. The summed E-state index contributed by atoms with van der Waals surface area (Å²) in [5.74, 6) is 0.944. The number of hydrogen-bond acceptors (Lipinski definition) is 2. The lowest BCUT2D eigenvalue weighted by Crippen LogP contribution is -2.50. The Hall–Kier alpha value is -0.570. The lowest BCUT2D eigenvalue weighted by atomic mass is 9.82. The van der Waals surface area contributed by atoms with Gasteiger partial charge in [-0.05, 0) is 39.0 Å². The summed E-state index contributed by atoms with van der Waals surface area (Å²) < 4.78 is 0. The van der Waals surface area contributed by atoms with Crippen molar-refractivity contribution in [2.45, 2.75) is 58.5 Å². The highest BCUT2D eigenvalue weighted by molar-refractivity contribution is 5.78. The molecule has 0 heterocycles. The van der Waals surface area contributed by atoms with Gasteiger partial charge in [0.2, 0.25) is 5.91 Å². The molecule has 1 rings (SSSR count). The summed E-state index contributed by atoms with van der Waals surface area (Å²) in [6.07, 6.45) is 3.38. The number of amides is 1. The van der Waals surface area contributed by atoms with Crippen LogP contribution in [-0.2, 0) is 4.79 Å². The summed E-state index contributed by atoms with van der Waals surface area (Å²) in [6.45, 7) is 8.90. The second-order valence-corrected chi connectivity index (χ2v) is 5.44. The van der Waals surface area contributed by atoms with Gasteiger partial charge in [0.15, 0.2) is 0 Å². The average Bonchev–Trinajstić information content (AvgIpc) is 2.10. The number of carbonyl (C=O) groups is 1. The fourth-order valence-electron chi connectivity index (χ4n) is 1.82. The van der Waals surface area contributed by atoms with Crippen LogP contribution in [0.4, 0.5) is 0 Å². The molecule has 0 saturated heterocycles. The lowest BCUT2D eigenvalue weighted by molar-refractivity contribution is -0.122. The van der Waals surface area contributed by atoms with E-state index in [1.165, 1.54) is 12.8 Å². The molecule has 0 aliphatic heterocycles. The first-order valence-corrected chi connectivity index (χ1v) is 5.97. The number of hydrogen-bond donors (Lipinski definition) is 2. The highest BCUT2D eigenvalue weighted by atomic mass is 16.2. The van der Waals surface area contributed by atoms with Crippen LogP contribution in [0.2, 0.25) is 0 Å². The Morgan fingerprint density at radius 3 is 2.47 bits per heavy atom. The normalized spacial score (nSPS) is 25.9. The second-order valence-electron chi connectivity index (χ2n) is 5.44. The molecule has 88 valence electrons. The molecule has 3 nitrogen and oxygen atoms in total. The maximum Gasteiger partial charge on any atom is 0.234 e. The molecule has 0 aromatic rings. The lowest BCUT2D eigenvalue weighted by Gasteiger charge is -2.33. The third kappa shape index (κ3) is 4.20. The zero-order valence-corrected chi connectivity index (χ0v) is 10.4. The Kier molecular flexibility index (Phi) is 4.14. The summed E-state index contributed by atoms with van der Waals surface area (Å²) in [6, 6.07) is 0.565. The topological polar surface area (TPSA) is 41.1 Å². The fraction of sp³-hybridized carbons (Fsp3) is 0.917. The maximum atomic E-state index is 11.6. The van der Waals surface area contributed by atoms with Gasteiger partial charge in [-0.15, -0.1) is 0 Å². The molecular weight excluding hydrogens is 188 g/mol. The number of nitrogens with one attached hydrogen (secondary N) is 2. The van der Waals surface area contributed by atoms with E-state index in [4.69, 9.17) is 0 Å². The van der Waals surface area contributed by atoms with Gasteiger partial charge in [-0.25, -0.2) is 0 Å². The van der Waals surface area contributed by atoms with Gasteiger partial charge >= 0.3 is 0 Å². The first kappa shape index (κ1) is 12.5. The van der Waals surface area contributed by atoms with Gasteiger partial charge < -0.3 is 10.6 Å². The molecule has 0 aromatic carbocycles. The summed E-state index contributed by atoms with van der Waals surface area (Å²) in [4.78, 5) is 11.6. The van der Waals surface area contributed by atoms with Crippen LogP contribution >= 0.6 is 0 Å². The van der Waals surface area contributed by atoms with Crippen molar-refractivity contribution < 1.29 is 4.79 Å². The highest BCUT2D eigenvalue weighted by Crippen LogP contribution is 2.25. The fourth-order valence-corrected chi connectivity index (χ4v) is 1.82. The molecule has 0 unspecified atom stereocenters. The van der Waals surface area contributed by atoms with Gasteiger partial charge in [0.1, 0.15) is 0 Å². The van der Waals surface area contributed by atoms with Crippen LogP contribution in [0.15, 0.2) is 0 Å². The second kappa shape index (κ2) is 4.97. The third-order valence-corrected chi connectivity index (χ3v) is 3.29. The summed E-state index contributed by atoms with van der Waals surface area (Å²) >= 11 is 0. The van der Waals surface area contributed by atoms with E-state index in [2.05, 4.69) is 38.3 Å². The van der Waals surface area contributed by atoms with Crippen LogP contribution in [0.3, 0.4) is 0 Å². The van der Waals surface area contributed by atoms with Gasteiger partial charge in [0.25, 0.3) is 0 Å². The Labute approximate surface area is 93.0 Å². The molecule has 1 aliphatic rings. The quantitative estimate of drug-likeness (QED) is 0.728. The molecule has 0 aromatic heterocycles.